The van der Waals surface area contributed by atoms with E-state index in [1.807, 2.05) is 0 Å². The Morgan fingerprint density at radius 2 is 1.87 bits per heavy atom. The largest absolute Gasteiger partial charge is 0.478 e. The fourth-order valence-electron chi connectivity index (χ4n) is 1.06. The zero-order valence-corrected chi connectivity index (χ0v) is 8.03. The van der Waals surface area contributed by atoms with Gasteiger partial charge in [-0.15, -0.1) is 0 Å². The summed E-state index contributed by atoms with van der Waals surface area (Å²) in [6, 6.07) is 3.01. The lowest BCUT2D eigenvalue weighted by atomic mass is 10.0. The second-order valence-corrected chi connectivity index (χ2v) is 3.10. The van der Waals surface area contributed by atoms with Gasteiger partial charge >= 0.3 is 11.9 Å². The van der Waals surface area contributed by atoms with Crippen molar-refractivity contribution < 1.29 is 24.2 Å². The molecule has 0 aliphatic heterocycles. The highest BCUT2D eigenvalue weighted by Gasteiger charge is 2.18. The Balaban J connectivity index is 3.33. The third kappa shape index (κ3) is 2.44. The van der Waals surface area contributed by atoms with Gasteiger partial charge in [-0.25, -0.2) is 14.0 Å². The van der Waals surface area contributed by atoms with Crippen LogP contribution in [0.3, 0.4) is 0 Å². The first-order chi connectivity index (χ1) is 6.93. The van der Waals surface area contributed by atoms with Crippen LogP contribution in [-0.2, 0) is 0 Å². The summed E-state index contributed by atoms with van der Waals surface area (Å²) < 4.78 is 12.7. The lowest BCUT2D eigenvalue weighted by Crippen LogP contribution is -2.06. The molecule has 0 bridgehead atoms. The van der Waals surface area contributed by atoms with Crippen LogP contribution < -0.4 is 0 Å². The smallest absolute Gasteiger partial charge is 0.336 e. The Morgan fingerprint density at radius 1 is 1.27 bits per heavy atom. The Kier molecular flexibility index (Phi) is 3.26. The van der Waals surface area contributed by atoms with Crippen LogP contribution >= 0.6 is 11.6 Å². The Bertz CT molecular complexity index is 417. The second-order valence-electron chi connectivity index (χ2n) is 2.71. The van der Waals surface area contributed by atoms with E-state index in [0.717, 1.165) is 18.2 Å². The van der Waals surface area contributed by atoms with Crippen molar-refractivity contribution in [3.8, 4) is 0 Å². The van der Waals surface area contributed by atoms with Gasteiger partial charge in [0.1, 0.15) is 0 Å². The fraction of sp³-hybridized carbons (Fsp3) is 0.111. The van der Waals surface area contributed by atoms with E-state index in [4.69, 9.17) is 21.8 Å². The SMILES string of the molecule is O=C(O)c1ccc(C(F)Cl)c(C(=O)O)c1. The summed E-state index contributed by atoms with van der Waals surface area (Å²) in [4.78, 5) is 21.2. The minimum atomic E-state index is -1.97. The van der Waals surface area contributed by atoms with E-state index in [1.54, 1.807) is 0 Å². The number of carboxylic acids is 2. The van der Waals surface area contributed by atoms with Crippen molar-refractivity contribution in [1.29, 1.82) is 0 Å². The molecule has 1 atom stereocenters. The van der Waals surface area contributed by atoms with Crippen LogP contribution in [0.1, 0.15) is 31.9 Å². The van der Waals surface area contributed by atoms with Crippen molar-refractivity contribution in [3.63, 3.8) is 0 Å². The number of halogens is 2. The number of aromatic carboxylic acids is 2. The first-order valence-corrected chi connectivity index (χ1v) is 4.26. The van der Waals surface area contributed by atoms with E-state index >= 15 is 0 Å². The average molecular weight is 233 g/mol. The molecule has 1 unspecified atom stereocenters. The van der Waals surface area contributed by atoms with Crippen LogP contribution in [0, 0.1) is 0 Å². The van der Waals surface area contributed by atoms with Gasteiger partial charge in [0.25, 0.3) is 0 Å². The summed E-state index contributed by atoms with van der Waals surface area (Å²) in [6.45, 7) is 0. The fourth-order valence-corrected chi connectivity index (χ4v) is 1.26. The average Bonchev–Trinajstić information content (AvgIpc) is 2.16. The van der Waals surface area contributed by atoms with Gasteiger partial charge in [-0.3, -0.25) is 0 Å². The van der Waals surface area contributed by atoms with Gasteiger partial charge in [0, 0.05) is 5.56 Å². The molecule has 80 valence electrons. The van der Waals surface area contributed by atoms with Crippen molar-refractivity contribution in [2.24, 2.45) is 0 Å². The molecule has 4 nitrogen and oxygen atoms in total. The third-order valence-corrected chi connectivity index (χ3v) is 2.00. The van der Waals surface area contributed by atoms with Crippen LogP contribution in [0.5, 0.6) is 0 Å². The van der Waals surface area contributed by atoms with Gasteiger partial charge < -0.3 is 10.2 Å². The molecule has 0 aliphatic rings. The first-order valence-electron chi connectivity index (χ1n) is 3.82. The van der Waals surface area contributed by atoms with E-state index in [9.17, 15) is 14.0 Å². The molecule has 6 heteroatoms. The maximum absolute atomic E-state index is 12.7. The molecule has 0 aliphatic carbocycles. The van der Waals surface area contributed by atoms with Crippen LogP contribution in [-0.4, -0.2) is 22.2 Å². The minimum Gasteiger partial charge on any atom is -0.478 e. The summed E-state index contributed by atoms with van der Waals surface area (Å²) in [5.74, 6) is -2.70. The maximum atomic E-state index is 12.7. The van der Waals surface area contributed by atoms with Crippen molar-refractivity contribution in [3.05, 3.63) is 34.9 Å². The molecular formula is C9H6ClFO4. The van der Waals surface area contributed by atoms with Crippen molar-refractivity contribution in [2.75, 3.05) is 0 Å². The normalized spacial score (nSPS) is 12.1. The highest BCUT2D eigenvalue weighted by Crippen LogP contribution is 2.26. The van der Waals surface area contributed by atoms with Gasteiger partial charge in [-0.05, 0) is 12.1 Å². The molecule has 0 saturated heterocycles. The van der Waals surface area contributed by atoms with Crippen LogP contribution in [0.4, 0.5) is 4.39 Å². The molecule has 0 heterocycles. The molecule has 0 saturated carbocycles. The van der Waals surface area contributed by atoms with E-state index in [0.29, 0.717) is 0 Å². The zero-order valence-electron chi connectivity index (χ0n) is 7.28. The maximum Gasteiger partial charge on any atom is 0.336 e. The third-order valence-electron chi connectivity index (χ3n) is 1.77. The van der Waals surface area contributed by atoms with Gasteiger partial charge in [0.05, 0.1) is 11.1 Å². The second kappa shape index (κ2) is 4.27. The Hall–Kier alpha value is -1.62. The summed E-state index contributed by atoms with van der Waals surface area (Å²) in [5.41, 5.74) is -2.90. The van der Waals surface area contributed by atoms with Crippen LogP contribution in [0.25, 0.3) is 0 Å². The molecule has 1 aromatic rings. The molecule has 0 radical (unpaired) electrons. The summed E-state index contributed by atoms with van der Waals surface area (Å²) in [5, 5.41) is 17.3. The topological polar surface area (TPSA) is 74.6 Å². The van der Waals surface area contributed by atoms with Gasteiger partial charge in [-0.1, -0.05) is 17.7 Å². The van der Waals surface area contributed by atoms with E-state index in [2.05, 4.69) is 0 Å². The summed E-state index contributed by atoms with van der Waals surface area (Å²) in [6.07, 6.45) is 0. The number of carboxylic acid groups (broad SMARTS) is 2. The highest BCUT2D eigenvalue weighted by atomic mass is 35.5. The molecular weight excluding hydrogens is 227 g/mol. The lowest BCUT2D eigenvalue weighted by Gasteiger charge is -2.06. The number of benzene rings is 1. The number of hydrogen-bond donors (Lipinski definition) is 2. The van der Waals surface area contributed by atoms with Gasteiger partial charge in [0.15, 0.2) is 5.63 Å². The standard InChI is InChI=1S/C9H6ClFO4/c10-7(11)5-2-1-4(8(12)13)3-6(5)9(14)15/h1-3,7H,(H,12,13)(H,14,15). The predicted octanol–water partition coefficient (Wildman–Crippen LogP) is 2.29. The molecule has 2 N–H and O–H groups in total. The molecule has 0 fully saturated rings. The summed E-state index contributed by atoms with van der Waals surface area (Å²) in [7, 11) is 0. The highest BCUT2D eigenvalue weighted by molar-refractivity contribution is 6.20. The van der Waals surface area contributed by atoms with Crippen molar-refractivity contribution in [2.45, 2.75) is 5.63 Å². The monoisotopic (exact) mass is 232 g/mol. The van der Waals surface area contributed by atoms with Crippen LogP contribution in [0.15, 0.2) is 18.2 Å². The summed E-state index contributed by atoms with van der Waals surface area (Å²) >= 11 is 5.11. The van der Waals surface area contributed by atoms with Crippen LogP contribution in [0.2, 0.25) is 0 Å². The number of hydrogen-bond acceptors (Lipinski definition) is 2. The molecule has 0 aromatic heterocycles. The number of rotatable bonds is 3. The van der Waals surface area contributed by atoms with Crippen molar-refractivity contribution in [1.82, 2.24) is 0 Å². The molecule has 15 heavy (non-hydrogen) atoms. The van der Waals surface area contributed by atoms with E-state index in [1.165, 1.54) is 0 Å². The molecule has 1 aromatic carbocycles. The van der Waals surface area contributed by atoms with E-state index < -0.39 is 23.1 Å². The first kappa shape index (κ1) is 11.5. The number of carbonyl (C=O) groups is 2. The molecule has 0 amide bonds. The van der Waals surface area contributed by atoms with E-state index in [-0.39, 0.29) is 11.1 Å². The quantitative estimate of drug-likeness (QED) is 0.784. The zero-order chi connectivity index (χ0) is 11.6. The van der Waals surface area contributed by atoms with Crippen molar-refractivity contribution >= 4 is 23.5 Å². The lowest BCUT2D eigenvalue weighted by molar-refractivity contribution is 0.0694. The van der Waals surface area contributed by atoms with Gasteiger partial charge in [0.2, 0.25) is 0 Å². The Labute approximate surface area is 88.9 Å². The Morgan fingerprint density at radius 3 is 2.27 bits per heavy atom. The minimum absolute atomic E-state index is 0.228. The van der Waals surface area contributed by atoms with Gasteiger partial charge in [-0.2, -0.15) is 0 Å². The molecule has 0 spiro atoms. The number of alkyl halides is 2. The predicted molar refractivity (Wildman–Crippen MR) is 50.1 cm³/mol. The molecule has 1 rings (SSSR count).